The summed E-state index contributed by atoms with van der Waals surface area (Å²) in [6.07, 6.45) is 1.60. The van der Waals surface area contributed by atoms with Gasteiger partial charge in [-0.2, -0.15) is 0 Å². The third-order valence-electron chi connectivity index (χ3n) is 5.16. The lowest BCUT2D eigenvalue weighted by Gasteiger charge is -2.09. The summed E-state index contributed by atoms with van der Waals surface area (Å²) in [5, 5.41) is 5.20. The first-order valence-electron chi connectivity index (χ1n) is 9.66. The van der Waals surface area contributed by atoms with Crippen molar-refractivity contribution >= 4 is 23.3 Å². The summed E-state index contributed by atoms with van der Waals surface area (Å²) < 4.78 is 15.3. The highest BCUT2D eigenvalue weighted by Crippen LogP contribution is 2.23. The molecule has 0 bridgehead atoms. The van der Waals surface area contributed by atoms with Crippen molar-refractivity contribution in [3.05, 3.63) is 82.2 Å². The normalized spacial score (nSPS) is 10.6. The molecule has 0 saturated carbocycles. The number of pyridine rings is 1. The number of hydrogen-bond donors (Lipinski definition) is 2. The minimum Gasteiger partial charge on any atom is -0.344 e. The molecule has 0 saturated heterocycles. The van der Waals surface area contributed by atoms with Crippen LogP contribution >= 0.6 is 0 Å². The van der Waals surface area contributed by atoms with Crippen LogP contribution in [0.3, 0.4) is 0 Å². The highest BCUT2D eigenvalue weighted by molar-refractivity contribution is 6.43. The lowest BCUT2D eigenvalue weighted by molar-refractivity contribution is -0.117. The third kappa shape index (κ3) is 4.53. The Morgan fingerprint density at radius 2 is 1.84 bits per heavy atom. The maximum absolute atomic E-state index is 13.8. The van der Waals surface area contributed by atoms with Crippen LogP contribution in [0.1, 0.15) is 43.4 Å². The van der Waals surface area contributed by atoms with E-state index in [4.69, 9.17) is 0 Å². The second kappa shape index (κ2) is 8.91. The second-order valence-corrected chi connectivity index (χ2v) is 7.24. The highest BCUT2D eigenvalue weighted by Gasteiger charge is 2.28. The smallest absolute Gasteiger partial charge is 0.292 e. The van der Waals surface area contributed by atoms with Crippen LogP contribution in [0.4, 0.5) is 10.1 Å². The van der Waals surface area contributed by atoms with Gasteiger partial charge in [0.1, 0.15) is 11.5 Å². The monoisotopic (exact) mass is 422 g/mol. The molecular formula is C23H23FN4O3. The Hall–Kier alpha value is -3.81. The summed E-state index contributed by atoms with van der Waals surface area (Å²) in [4.78, 5) is 42.2. The number of carbonyl (C=O) groups excluding carboxylic acids is 3. The molecule has 3 rings (SSSR count). The fourth-order valence-corrected chi connectivity index (χ4v) is 3.36. The number of ketones is 1. The molecule has 0 aliphatic carbocycles. The molecular weight excluding hydrogens is 399 g/mol. The van der Waals surface area contributed by atoms with Gasteiger partial charge in [-0.25, -0.2) is 4.39 Å². The number of nitrogens with zero attached hydrogens (tertiary/aromatic N) is 2. The van der Waals surface area contributed by atoms with Gasteiger partial charge in [-0.3, -0.25) is 19.4 Å². The number of benzene rings is 1. The standard InChI is InChI=1S/C23H23FN4O3/c1-13-8-9-16(11-18(13)24)27-22(30)20-14(2)19(15(3)28(20)4)21(29)23(31)26-12-17-7-5-6-10-25-17/h5-11H,12H2,1-4H3,(H,26,31)(H,27,30). The van der Waals surface area contributed by atoms with E-state index >= 15 is 0 Å². The van der Waals surface area contributed by atoms with Gasteiger partial charge < -0.3 is 15.2 Å². The number of Topliss-reactive ketones (excluding diaryl/α,β-unsaturated/α-hetero) is 1. The number of aryl methyl sites for hydroxylation is 1. The van der Waals surface area contributed by atoms with Crippen molar-refractivity contribution in [2.45, 2.75) is 27.3 Å². The first-order valence-corrected chi connectivity index (χ1v) is 9.66. The Balaban J connectivity index is 1.81. The van der Waals surface area contributed by atoms with Crippen LogP contribution in [-0.2, 0) is 18.4 Å². The van der Waals surface area contributed by atoms with Crippen LogP contribution in [0.25, 0.3) is 0 Å². The van der Waals surface area contributed by atoms with Gasteiger partial charge in [-0.1, -0.05) is 12.1 Å². The molecule has 2 aromatic heterocycles. The molecule has 160 valence electrons. The Morgan fingerprint density at radius 1 is 1.10 bits per heavy atom. The third-order valence-corrected chi connectivity index (χ3v) is 5.16. The zero-order chi connectivity index (χ0) is 22.7. The molecule has 2 N–H and O–H groups in total. The molecule has 0 radical (unpaired) electrons. The Kier molecular flexibility index (Phi) is 6.29. The van der Waals surface area contributed by atoms with Crippen LogP contribution in [0, 0.1) is 26.6 Å². The Morgan fingerprint density at radius 3 is 2.48 bits per heavy atom. The molecule has 0 aliphatic rings. The first-order chi connectivity index (χ1) is 14.7. The van der Waals surface area contributed by atoms with E-state index in [-0.39, 0.29) is 17.8 Å². The molecule has 7 nitrogen and oxygen atoms in total. The minimum absolute atomic E-state index is 0.114. The second-order valence-electron chi connectivity index (χ2n) is 7.24. The van der Waals surface area contributed by atoms with Crippen LogP contribution in [0.15, 0.2) is 42.6 Å². The molecule has 31 heavy (non-hydrogen) atoms. The van der Waals surface area contributed by atoms with Gasteiger partial charge in [0.25, 0.3) is 17.6 Å². The summed E-state index contributed by atoms with van der Waals surface area (Å²) in [6.45, 7) is 5.01. The predicted molar refractivity (Wildman–Crippen MR) is 114 cm³/mol. The van der Waals surface area contributed by atoms with Crippen LogP contribution in [0.2, 0.25) is 0 Å². The Bertz CT molecular complexity index is 1170. The molecule has 0 fully saturated rings. The van der Waals surface area contributed by atoms with Crippen LogP contribution < -0.4 is 10.6 Å². The van der Waals surface area contributed by atoms with E-state index < -0.39 is 23.4 Å². The molecule has 0 aliphatic heterocycles. The van der Waals surface area contributed by atoms with Crippen molar-refractivity contribution in [2.75, 3.05) is 5.32 Å². The number of carbonyl (C=O) groups is 3. The molecule has 3 aromatic rings. The van der Waals surface area contributed by atoms with Crippen molar-refractivity contribution in [2.24, 2.45) is 7.05 Å². The van der Waals surface area contributed by atoms with Crippen molar-refractivity contribution in [3.8, 4) is 0 Å². The van der Waals surface area contributed by atoms with E-state index in [1.807, 2.05) is 0 Å². The van der Waals surface area contributed by atoms with E-state index in [0.717, 1.165) is 0 Å². The largest absolute Gasteiger partial charge is 0.344 e. The van der Waals surface area contributed by atoms with Gasteiger partial charge in [-0.05, 0) is 56.2 Å². The molecule has 0 unspecified atom stereocenters. The molecule has 2 heterocycles. The topological polar surface area (TPSA) is 93.1 Å². The number of nitrogens with one attached hydrogen (secondary N) is 2. The predicted octanol–water partition coefficient (Wildman–Crippen LogP) is 3.24. The number of anilines is 1. The van der Waals surface area contributed by atoms with Crippen molar-refractivity contribution < 1.29 is 18.8 Å². The maximum atomic E-state index is 13.8. The molecule has 1 aromatic carbocycles. The van der Waals surface area contributed by atoms with E-state index in [2.05, 4.69) is 15.6 Å². The SMILES string of the molecule is Cc1ccc(NC(=O)c2c(C)c(C(=O)C(=O)NCc3ccccn3)c(C)n2C)cc1F. The zero-order valence-corrected chi connectivity index (χ0v) is 17.7. The van der Waals surface area contributed by atoms with Crippen LogP contribution in [0.5, 0.6) is 0 Å². The van der Waals surface area contributed by atoms with Gasteiger partial charge in [0.15, 0.2) is 0 Å². The zero-order valence-electron chi connectivity index (χ0n) is 17.7. The van der Waals surface area contributed by atoms with Gasteiger partial charge in [-0.15, -0.1) is 0 Å². The molecule has 8 heteroatoms. The van der Waals surface area contributed by atoms with E-state index in [0.29, 0.717) is 28.2 Å². The number of rotatable bonds is 6. The Labute approximate surface area is 179 Å². The number of hydrogen-bond acceptors (Lipinski definition) is 4. The number of halogens is 1. The molecule has 0 spiro atoms. The number of aromatic nitrogens is 2. The van der Waals surface area contributed by atoms with E-state index in [9.17, 15) is 18.8 Å². The fourth-order valence-electron chi connectivity index (χ4n) is 3.36. The summed E-state index contributed by atoms with van der Waals surface area (Å²) >= 11 is 0. The quantitative estimate of drug-likeness (QED) is 0.471. The van der Waals surface area contributed by atoms with Crippen molar-refractivity contribution in [3.63, 3.8) is 0 Å². The van der Waals surface area contributed by atoms with Crippen molar-refractivity contribution in [1.29, 1.82) is 0 Å². The fraction of sp³-hybridized carbons (Fsp3) is 0.217. The minimum atomic E-state index is -0.782. The van der Waals surface area contributed by atoms with Gasteiger partial charge in [0, 0.05) is 24.6 Å². The van der Waals surface area contributed by atoms with Crippen molar-refractivity contribution in [1.82, 2.24) is 14.9 Å². The molecule has 0 atom stereocenters. The summed E-state index contributed by atoms with van der Waals surface area (Å²) in [6, 6.07) is 9.67. The van der Waals surface area contributed by atoms with Gasteiger partial charge >= 0.3 is 0 Å². The highest BCUT2D eigenvalue weighted by atomic mass is 19.1. The lowest BCUT2D eigenvalue weighted by atomic mass is 10.0. The van der Waals surface area contributed by atoms with Gasteiger partial charge in [0.2, 0.25) is 0 Å². The summed E-state index contributed by atoms with van der Waals surface area (Å²) in [5.74, 6) is -2.45. The van der Waals surface area contributed by atoms with E-state index in [1.54, 1.807) is 68.9 Å². The number of amides is 2. The first kappa shape index (κ1) is 21.9. The van der Waals surface area contributed by atoms with Crippen LogP contribution in [-0.4, -0.2) is 27.1 Å². The maximum Gasteiger partial charge on any atom is 0.292 e. The van der Waals surface area contributed by atoms with E-state index in [1.165, 1.54) is 6.07 Å². The summed E-state index contributed by atoms with van der Waals surface area (Å²) in [5.41, 5.74) is 2.63. The average molecular weight is 422 g/mol. The van der Waals surface area contributed by atoms with Gasteiger partial charge in [0.05, 0.1) is 17.8 Å². The summed E-state index contributed by atoms with van der Waals surface area (Å²) in [7, 11) is 1.63. The molecule has 2 amide bonds. The average Bonchev–Trinajstić information content (AvgIpc) is 2.97. The lowest BCUT2D eigenvalue weighted by Crippen LogP contribution is -2.31.